The van der Waals surface area contributed by atoms with E-state index in [1.165, 1.54) is 0 Å². The highest BCUT2D eigenvalue weighted by molar-refractivity contribution is 6.30. The summed E-state index contributed by atoms with van der Waals surface area (Å²) in [5.41, 5.74) is 0.926. The molecule has 2 aromatic rings. The summed E-state index contributed by atoms with van der Waals surface area (Å²) in [5.74, 6) is 0.506. The molecule has 2 atom stereocenters. The minimum absolute atomic E-state index is 0.0526. The van der Waals surface area contributed by atoms with Crippen LogP contribution >= 0.6 is 23.2 Å². The third kappa shape index (κ3) is 8.36. The predicted octanol–water partition coefficient (Wildman–Crippen LogP) is 5.87. The summed E-state index contributed by atoms with van der Waals surface area (Å²) >= 11 is 11.9. The van der Waals surface area contributed by atoms with Crippen molar-refractivity contribution in [3.63, 3.8) is 0 Å². The van der Waals surface area contributed by atoms with Crippen molar-refractivity contribution in [1.29, 1.82) is 0 Å². The second-order valence-electron chi connectivity index (χ2n) is 7.80. The molecule has 0 saturated heterocycles. The van der Waals surface area contributed by atoms with Gasteiger partial charge in [-0.1, -0.05) is 49.2 Å². The van der Waals surface area contributed by atoms with Crippen LogP contribution in [0.5, 0.6) is 5.75 Å². The van der Waals surface area contributed by atoms with E-state index in [1.54, 1.807) is 41.3 Å². The lowest BCUT2D eigenvalue weighted by Crippen LogP contribution is -2.50. The minimum Gasteiger partial charge on any atom is -0.494 e. The summed E-state index contributed by atoms with van der Waals surface area (Å²) in [6.45, 7) is 6.65. The Morgan fingerprint density at radius 2 is 1.56 bits per heavy atom. The lowest BCUT2D eigenvalue weighted by molar-refractivity contribution is -0.141. The Hall–Kier alpha value is -2.24. The van der Waals surface area contributed by atoms with Crippen molar-refractivity contribution < 1.29 is 14.3 Å². The third-order valence-corrected chi connectivity index (χ3v) is 5.77. The standard InChI is InChI=1S/C25H32Cl2N2O3/c1-4-18(3)28-25(31)23(5-2)29(17-19-8-10-20(26)11-9-19)24(30)7-6-16-32-22-14-12-21(27)13-15-22/h8-15,18,23H,4-7,16-17H2,1-3H3,(H,28,31)/t18-,23-/m0/s1. The predicted molar refractivity (Wildman–Crippen MR) is 130 cm³/mol. The van der Waals surface area contributed by atoms with Crippen molar-refractivity contribution in [2.24, 2.45) is 0 Å². The van der Waals surface area contributed by atoms with E-state index in [2.05, 4.69) is 5.32 Å². The van der Waals surface area contributed by atoms with Gasteiger partial charge in [0, 0.05) is 29.1 Å². The number of hydrogen-bond donors (Lipinski definition) is 1. The first-order chi connectivity index (χ1) is 15.3. The van der Waals surface area contributed by atoms with Crippen LogP contribution in [0.3, 0.4) is 0 Å². The van der Waals surface area contributed by atoms with Gasteiger partial charge in [-0.2, -0.15) is 0 Å². The largest absolute Gasteiger partial charge is 0.494 e. The van der Waals surface area contributed by atoms with Gasteiger partial charge in [0.2, 0.25) is 11.8 Å². The Bertz CT molecular complexity index is 856. The lowest BCUT2D eigenvalue weighted by Gasteiger charge is -2.31. The topological polar surface area (TPSA) is 58.6 Å². The Kier molecular flexibility index (Phi) is 10.8. The molecule has 2 amide bonds. The van der Waals surface area contributed by atoms with Crippen LogP contribution in [-0.2, 0) is 16.1 Å². The van der Waals surface area contributed by atoms with Crippen molar-refractivity contribution in [2.75, 3.05) is 6.61 Å². The van der Waals surface area contributed by atoms with E-state index < -0.39 is 6.04 Å². The molecular formula is C25H32Cl2N2O3. The van der Waals surface area contributed by atoms with E-state index in [0.29, 0.717) is 41.8 Å². The maximum atomic E-state index is 13.2. The van der Waals surface area contributed by atoms with Crippen LogP contribution in [0.2, 0.25) is 10.0 Å². The number of carbonyl (C=O) groups is 2. The molecule has 2 rings (SSSR count). The first-order valence-corrected chi connectivity index (χ1v) is 11.8. The van der Waals surface area contributed by atoms with Crippen molar-refractivity contribution in [3.05, 3.63) is 64.1 Å². The van der Waals surface area contributed by atoms with Gasteiger partial charge in [-0.05, 0) is 68.1 Å². The number of ether oxygens (including phenoxy) is 1. The van der Waals surface area contributed by atoms with Crippen molar-refractivity contribution in [3.8, 4) is 5.75 Å². The molecule has 0 heterocycles. The number of nitrogens with one attached hydrogen (secondary N) is 1. The average Bonchev–Trinajstić information content (AvgIpc) is 2.78. The third-order valence-electron chi connectivity index (χ3n) is 5.27. The number of carbonyl (C=O) groups excluding carboxylic acids is 2. The van der Waals surface area contributed by atoms with E-state index in [0.717, 1.165) is 12.0 Å². The second kappa shape index (κ2) is 13.3. The van der Waals surface area contributed by atoms with Gasteiger partial charge in [-0.15, -0.1) is 0 Å². The molecule has 7 heteroatoms. The van der Waals surface area contributed by atoms with Crippen LogP contribution in [0.25, 0.3) is 0 Å². The maximum absolute atomic E-state index is 13.2. The molecule has 0 radical (unpaired) electrons. The fourth-order valence-corrected chi connectivity index (χ4v) is 3.49. The molecule has 0 fully saturated rings. The minimum atomic E-state index is -0.538. The van der Waals surface area contributed by atoms with E-state index in [-0.39, 0.29) is 24.3 Å². The van der Waals surface area contributed by atoms with Crippen molar-refractivity contribution in [2.45, 2.75) is 65.1 Å². The molecule has 1 N–H and O–H groups in total. The van der Waals surface area contributed by atoms with E-state index >= 15 is 0 Å². The van der Waals surface area contributed by atoms with E-state index in [4.69, 9.17) is 27.9 Å². The quantitative estimate of drug-likeness (QED) is 0.387. The smallest absolute Gasteiger partial charge is 0.243 e. The van der Waals surface area contributed by atoms with Crippen LogP contribution in [-0.4, -0.2) is 35.4 Å². The molecule has 5 nitrogen and oxygen atoms in total. The molecule has 0 unspecified atom stereocenters. The molecule has 0 aromatic heterocycles. The van der Waals surface area contributed by atoms with Gasteiger partial charge in [0.1, 0.15) is 11.8 Å². The second-order valence-corrected chi connectivity index (χ2v) is 8.67. The van der Waals surface area contributed by atoms with Gasteiger partial charge < -0.3 is 15.0 Å². The van der Waals surface area contributed by atoms with Crippen LogP contribution < -0.4 is 10.1 Å². The van der Waals surface area contributed by atoms with Gasteiger partial charge in [0.25, 0.3) is 0 Å². The zero-order valence-corrected chi connectivity index (χ0v) is 20.5. The fraction of sp³-hybridized carbons (Fsp3) is 0.440. The first kappa shape index (κ1) is 26.0. The number of benzene rings is 2. The molecule has 0 aliphatic rings. The Morgan fingerprint density at radius 1 is 0.969 bits per heavy atom. The summed E-state index contributed by atoms with van der Waals surface area (Å²) < 4.78 is 5.70. The van der Waals surface area contributed by atoms with Crippen molar-refractivity contribution in [1.82, 2.24) is 10.2 Å². The SMILES string of the molecule is CC[C@H](C)NC(=O)[C@H](CC)N(Cc1ccc(Cl)cc1)C(=O)CCCOc1ccc(Cl)cc1. The highest BCUT2D eigenvalue weighted by Gasteiger charge is 2.28. The molecule has 0 bridgehead atoms. The Labute approximate surface area is 201 Å². The number of rotatable bonds is 12. The van der Waals surface area contributed by atoms with Crippen LogP contribution in [0.4, 0.5) is 0 Å². The number of halogens is 2. The Balaban J connectivity index is 2.05. The molecule has 2 aromatic carbocycles. The molecule has 174 valence electrons. The lowest BCUT2D eigenvalue weighted by atomic mass is 10.1. The average molecular weight is 479 g/mol. The fourth-order valence-electron chi connectivity index (χ4n) is 3.23. The van der Waals surface area contributed by atoms with Gasteiger partial charge in [-0.3, -0.25) is 9.59 Å². The summed E-state index contributed by atoms with van der Waals surface area (Å²) in [4.78, 5) is 27.8. The van der Waals surface area contributed by atoms with Crippen molar-refractivity contribution >= 4 is 35.0 Å². The van der Waals surface area contributed by atoms with E-state index in [9.17, 15) is 9.59 Å². The normalized spacial score (nSPS) is 12.7. The van der Waals surface area contributed by atoms with Gasteiger partial charge in [0.05, 0.1) is 6.61 Å². The zero-order valence-electron chi connectivity index (χ0n) is 18.9. The number of amides is 2. The van der Waals surface area contributed by atoms with Gasteiger partial charge >= 0.3 is 0 Å². The van der Waals surface area contributed by atoms with Crippen LogP contribution in [0.15, 0.2) is 48.5 Å². The molecule has 0 saturated carbocycles. The first-order valence-electron chi connectivity index (χ1n) is 11.1. The van der Waals surface area contributed by atoms with Crippen LogP contribution in [0, 0.1) is 0 Å². The number of nitrogens with zero attached hydrogens (tertiary/aromatic N) is 1. The summed E-state index contributed by atoms with van der Waals surface area (Å²) in [7, 11) is 0. The van der Waals surface area contributed by atoms with E-state index in [1.807, 2.05) is 32.9 Å². The molecule has 0 aliphatic carbocycles. The maximum Gasteiger partial charge on any atom is 0.243 e. The summed E-state index contributed by atoms with van der Waals surface area (Å²) in [6.07, 6.45) is 2.19. The molecule has 0 spiro atoms. The monoisotopic (exact) mass is 478 g/mol. The summed E-state index contributed by atoms with van der Waals surface area (Å²) in [6, 6.07) is 14.0. The zero-order chi connectivity index (χ0) is 23.5. The highest BCUT2D eigenvalue weighted by atomic mass is 35.5. The molecular weight excluding hydrogens is 447 g/mol. The van der Waals surface area contributed by atoms with Crippen LogP contribution in [0.1, 0.15) is 52.0 Å². The number of hydrogen-bond acceptors (Lipinski definition) is 3. The molecule has 0 aliphatic heterocycles. The van der Waals surface area contributed by atoms with Gasteiger partial charge in [0.15, 0.2) is 0 Å². The Morgan fingerprint density at radius 3 is 2.12 bits per heavy atom. The highest BCUT2D eigenvalue weighted by Crippen LogP contribution is 2.18. The van der Waals surface area contributed by atoms with Gasteiger partial charge in [-0.25, -0.2) is 0 Å². The summed E-state index contributed by atoms with van der Waals surface area (Å²) in [5, 5.41) is 4.29. The molecule has 32 heavy (non-hydrogen) atoms.